The maximum atomic E-state index is 9.88. The standard InChI is InChI=1S/C5H3BrN2O2/c6-4-1-3(8-10)2-7-5(4)9/h1-2H,(H,7,9). The number of halogens is 1. The van der Waals surface area contributed by atoms with Gasteiger partial charge in [0.25, 0.3) is 0 Å². The molecule has 0 bridgehead atoms. The smallest absolute Gasteiger partial charge is 0.225 e. The number of hydrogen-bond acceptors (Lipinski definition) is 4. The second-order valence-electron chi connectivity index (χ2n) is 1.59. The Morgan fingerprint density at radius 1 is 1.70 bits per heavy atom. The van der Waals surface area contributed by atoms with Crippen LogP contribution >= 0.6 is 15.9 Å². The van der Waals surface area contributed by atoms with E-state index in [0.717, 1.165) is 0 Å². The predicted molar refractivity (Wildman–Crippen MR) is 39.1 cm³/mol. The molecule has 10 heavy (non-hydrogen) atoms. The number of rotatable bonds is 1. The third kappa shape index (κ3) is 1.30. The molecule has 0 aliphatic carbocycles. The van der Waals surface area contributed by atoms with Crippen molar-refractivity contribution in [1.29, 1.82) is 0 Å². The molecule has 4 nitrogen and oxygen atoms in total. The lowest BCUT2D eigenvalue weighted by molar-refractivity contribution is 0.450. The largest absolute Gasteiger partial charge is 0.492 e. The summed E-state index contributed by atoms with van der Waals surface area (Å²) in [7, 11) is 0. The van der Waals surface area contributed by atoms with Crippen molar-refractivity contribution in [1.82, 2.24) is 4.98 Å². The molecule has 0 atom stereocenters. The Labute approximate surface area is 65.0 Å². The van der Waals surface area contributed by atoms with Gasteiger partial charge in [0.15, 0.2) is 0 Å². The van der Waals surface area contributed by atoms with Crippen LogP contribution in [0.4, 0.5) is 5.69 Å². The summed E-state index contributed by atoms with van der Waals surface area (Å²) < 4.78 is 0.365. The van der Waals surface area contributed by atoms with E-state index in [1.54, 1.807) is 0 Å². The Morgan fingerprint density at radius 3 is 2.90 bits per heavy atom. The van der Waals surface area contributed by atoms with Crippen molar-refractivity contribution < 1.29 is 5.11 Å². The summed E-state index contributed by atoms with van der Waals surface area (Å²) in [5.74, 6) is -0.146. The van der Waals surface area contributed by atoms with Crippen LogP contribution < -0.4 is 0 Å². The fourth-order valence-corrected chi connectivity index (χ4v) is 0.807. The zero-order chi connectivity index (χ0) is 7.56. The monoisotopic (exact) mass is 202 g/mol. The zero-order valence-electron chi connectivity index (χ0n) is 4.78. The molecule has 0 saturated carbocycles. The van der Waals surface area contributed by atoms with E-state index >= 15 is 0 Å². The first-order valence-electron chi connectivity index (χ1n) is 2.42. The molecule has 1 aromatic heterocycles. The molecule has 0 saturated heterocycles. The van der Waals surface area contributed by atoms with Crippen molar-refractivity contribution in [3.05, 3.63) is 21.6 Å². The highest BCUT2D eigenvalue weighted by Gasteiger charge is 1.99. The lowest BCUT2D eigenvalue weighted by Gasteiger charge is -1.92. The van der Waals surface area contributed by atoms with E-state index in [0.29, 0.717) is 4.47 Å². The molecule has 0 spiro atoms. The molecule has 1 aromatic rings. The third-order valence-corrected chi connectivity index (χ3v) is 1.50. The lowest BCUT2D eigenvalue weighted by atomic mass is 10.4. The first-order valence-corrected chi connectivity index (χ1v) is 3.21. The second kappa shape index (κ2) is 2.74. The van der Waals surface area contributed by atoms with Crippen molar-refractivity contribution in [2.75, 3.05) is 0 Å². The molecular formula is C5H3BrN2O2. The minimum absolute atomic E-state index is 0.146. The number of hydrogen-bond donors (Lipinski definition) is 1. The van der Waals surface area contributed by atoms with Crippen LogP contribution in [-0.2, 0) is 0 Å². The van der Waals surface area contributed by atoms with Gasteiger partial charge in [0.1, 0.15) is 5.69 Å². The van der Waals surface area contributed by atoms with E-state index in [9.17, 15) is 4.91 Å². The minimum atomic E-state index is -0.146. The van der Waals surface area contributed by atoms with Gasteiger partial charge in [-0.2, -0.15) is 0 Å². The molecule has 52 valence electrons. The second-order valence-corrected chi connectivity index (χ2v) is 2.44. The van der Waals surface area contributed by atoms with Crippen molar-refractivity contribution >= 4 is 21.6 Å². The summed E-state index contributed by atoms with van der Waals surface area (Å²) in [6, 6.07) is 1.38. The molecule has 0 aliphatic heterocycles. The quantitative estimate of drug-likeness (QED) is 0.709. The van der Waals surface area contributed by atoms with Crippen LogP contribution in [0.2, 0.25) is 0 Å². The first kappa shape index (κ1) is 7.14. The number of nitroso groups, excluding NO2 is 1. The van der Waals surface area contributed by atoms with Gasteiger partial charge < -0.3 is 5.11 Å². The molecule has 0 amide bonds. The van der Waals surface area contributed by atoms with Crippen molar-refractivity contribution in [3.63, 3.8) is 0 Å². The van der Waals surface area contributed by atoms with Gasteiger partial charge in [-0.3, -0.25) is 0 Å². The molecule has 1 heterocycles. The van der Waals surface area contributed by atoms with Crippen molar-refractivity contribution in [2.24, 2.45) is 5.18 Å². The molecule has 1 N–H and O–H groups in total. The Balaban J connectivity index is 3.16. The summed E-state index contributed by atoms with van der Waals surface area (Å²) >= 11 is 2.98. The maximum absolute atomic E-state index is 9.88. The van der Waals surface area contributed by atoms with Gasteiger partial charge in [-0.15, -0.1) is 4.91 Å². The van der Waals surface area contributed by atoms with E-state index in [1.807, 2.05) is 0 Å². The summed E-state index contributed by atoms with van der Waals surface area (Å²) in [4.78, 5) is 13.3. The van der Waals surface area contributed by atoms with Crippen molar-refractivity contribution in [3.8, 4) is 5.88 Å². The highest BCUT2D eigenvalue weighted by Crippen LogP contribution is 2.24. The SMILES string of the molecule is O=Nc1cnc(O)c(Br)c1. The van der Waals surface area contributed by atoms with E-state index in [4.69, 9.17) is 5.11 Å². The van der Waals surface area contributed by atoms with Gasteiger partial charge in [-0.05, 0) is 27.2 Å². The topological polar surface area (TPSA) is 62.5 Å². The molecule has 5 heteroatoms. The average molecular weight is 203 g/mol. The van der Waals surface area contributed by atoms with Gasteiger partial charge in [-0.1, -0.05) is 0 Å². The van der Waals surface area contributed by atoms with Gasteiger partial charge >= 0.3 is 0 Å². The van der Waals surface area contributed by atoms with Crippen molar-refractivity contribution in [2.45, 2.75) is 0 Å². The van der Waals surface area contributed by atoms with Crippen LogP contribution in [0.15, 0.2) is 21.9 Å². The zero-order valence-corrected chi connectivity index (χ0v) is 6.37. The summed E-state index contributed by atoms with van der Waals surface area (Å²) in [6.07, 6.45) is 1.19. The lowest BCUT2D eigenvalue weighted by Crippen LogP contribution is -1.73. The molecular weight excluding hydrogens is 200 g/mol. The molecule has 0 unspecified atom stereocenters. The number of pyridine rings is 1. The van der Waals surface area contributed by atoms with Crippen LogP contribution in [0.25, 0.3) is 0 Å². The Morgan fingerprint density at radius 2 is 2.40 bits per heavy atom. The van der Waals surface area contributed by atoms with Crippen LogP contribution in [0.1, 0.15) is 0 Å². The predicted octanol–water partition coefficient (Wildman–Crippen LogP) is 1.95. The highest BCUT2D eigenvalue weighted by atomic mass is 79.9. The van der Waals surface area contributed by atoms with Crippen LogP contribution in [0.5, 0.6) is 5.88 Å². The normalized spacial score (nSPS) is 9.30. The van der Waals surface area contributed by atoms with Gasteiger partial charge in [0.05, 0.1) is 10.7 Å². The molecule has 0 aliphatic rings. The average Bonchev–Trinajstić information content (AvgIpc) is 1.95. The Bertz CT molecular complexity index is 264. The summed E-state index contributed by atoms with van der Waals surface area (Å²) in [5, 5.41) is 11.5. The van der Waals surface area contributed by atoms with E-state index in [1.165, 1.54) is 12.3 Å². The molecule has 1 rings (SSSR count). The third-order valence-electron chi connectivity index (χ3n) is 0.913. The number of nitrogens with zero attached hydrogens (tertiary/aromatic N) is 2. The minimum Gasteiger partial charge on any atom is -0.492 e. The Hall–Kier alpha value is -0.970. The summed E-state index contributed by atoms with van der Waals surface area (Å²) in [5.41, 5.74) is 0.185. The first-order chi connectivity index (χ1) is 4.74. The number of aromatic nitrogens is 1. The Kier molecular flexibility index (Phi) is 1.96. The fourth-order valence-electron chi connectivity index (χ4n) is 0.471. The molecule has 0 radical (unpaired) electrons. The van der Waals surface area contributed by atoms with Crippen LogP contribution in [-0.4, -0.2) is 10.1 Å². The van der Waals surface area contributed by atoms with E-state index in [-0.39, 0.29) is 11.6 Å². The molecule has 0 aromatic carbocycles. The molecule has 0 fully saturated rings. The number of aromatic hydroxyl groups is 1. The van der Waals surface area contributed by atoms with Gasteiger partial charge in [-0.25, -0.2) is 4.98 Å². The van der Waals surface area contributed by atoms with Gasteiger partial charge in [0.2, 0.25) is 5.88 Å². The van der Waals surface area contributed by atoms with E-state index in [2.05, 4.69) is 26.1 Å². The summed E-state index contributed by atoms with van der Waals surface area (Å²) in [6.45, 7) is 0. The van der Waals surface area contributed by atoms with Gasteiger partial charge in [0, 0.05) is 0 Å². The highest BCUT2D eigenvalue weighted by molar-refractivity contribution is 9.10. The maximum Gasteiger partial charge on any atom is 0.225 e. The van der Waals surface area contributed by atoms with Crippen LogP contribution in [0, 0.1) is 4.91 Å². The van der Waals surface area contributed by atoms with Crippen LogP contribution in [0.3, 0.4) is 0 Å². The van der Waals surface area contributed by atoms with E-state index < -0.39 is 0 Å². The fraction of sp³-hybridized carbons (Fsp3) is 0.